The number of nitrogens with one attached hydrogen (secondary N) is 1. The molecule has 2 N–H and O–H groups in total. The molecule has 0 aliphatic rings. The molecule has 1 atom stereocenters. The lowest BCUT2D eigenvalue weighted by molar-refractivity contribution is -0.121. The van der Waals surface area contributed by atoms with Crippen molar-refractivity contribution in [3.8, 4) is 0 Å². The maximum absolute atomic E-state index is 11.3. The van der Waals surface area contributed by atoms with Gasteiger partial charge in [0.1, 0.15) is 0 Å². The van der Waals surface area contributed by atoms with E-state index < -0.39 is 6.10 Å². The molecule has 1 amide bonds. The number of hydrogen-bond acceptors (Lipinski definition) is 3. The minimum atomic E-state index is -0.495. The summed E-state index contributed by atoms with van der Waals surface area (Å²) in [6, 6.07) is 3.75. The van der Waals surface area contributed by atoms with Crippen LogP contribution in [0.4, 0.5) is 0 Å². The molecule has 0 aliphatic carbocycles. The number of hydrogen-bond donors (Lipinski definition) is 2. The van der Waals surface area contributed by atoms with Crippen LogP contribution < -0.4 is 5.32 Å². The van der Waals surface area contributed by atoms with Crippen LogP contribution in [0.2, 0.25) is 4.34 Å². The van der Waals surface area contributed by atoms with Crippen LogP contribution in [0.5, 0.6) is 0 Å². The summed E-state index contributed by atoms with van der Waals surface area (Å²) in [5.74, 6) is -0.0413. The Kier molecular flexibility index (Phi) is 5.08. The standard InChI is InChI=1S/C10H14ClNO2S/c1-7(13)6-12-10(14)5-3-8-2-4-9(11)15-8/h2,4,7,13H,3,5-6H2,1H3,(H,12,14). The van der Waals surface area contributed by atoms with E-state index in [9.17, 15) is 4.79 Å². The van der Waals surface area contributed by atoms with Crippen LogP contribution in [-0.4, -0.2) is 23.7 Å². The first-order valence-corrected chi connectivity index (χ1v) is 5.96. The molecule has 0 bridgehead atoms. The summed E-state index contributed by atoms with van der Waals surface area (Å²) in [6.45, 7) is 1.95. The molecule has 0 radical (unpaired) electrons. The first kappa shape index (κ1) is 12.5. The first-order valence-electron chi connectivity index (χ1n) is 4.77. The fraction of sp³-hybridized carbons (Fsp3) is 0.500. The van der Waals surface area contributed by atoms with Crippen molar-refractivity contribution in [3.63, 3.8) is 0 Å². The average molecular weight is 248 g/mol. The molecule has 0 fully saturated rings. The van der Waals surface area contributed by atoms with Gasteiger partial charge in [-0.25, -0.2) is 0 Å². The van der Waals surface area contributed by atoms with Crippen LogP contribution in [0.1, 0.15) is 18.2 Å². The van der Waals surface area contributed by atoms with E-state index >= 15 is 0 Å². The highest BCUT2D eigenvalue weighted by Crippen LogP contribution is 2.22. The maximum Gasteiger partial charge on any atom is 0.220 e. The molecule has 5 heteroatoms. The van der Waals surface area contributed by atoms with Crippen LogP contribution >= 0.6 is 22.9 Å². The van der Waals surface area contributed by atoms with Crippen molar-refractivity contribution in [1.29, 1.82) is 0 Å². The Morgan fingerprint density at radius 2 is 2.40 bits per heavy atom. The van der Waals surface area contributed by atoms with Crippen LogP contribution in [-0.2, 0) is 11.2 Å². The lowest BCUT2D eigenvalue weighted by Crippen LogP contribution is -2.30. The second-order valence-corrected chi connectivity index (χ2v) is 5.16. The van der Waals surface area contributed by atoms with Crippen molar-refractivity contribution in [2.45, 2.75) is 25.9 Å². The molecule has 84 valence electrons. The van der Waals surface area contributed by atoms with E-state index in [1.807, 2.05) is 12.1 Å². The molecule has 1 rings (SSSR count). The van der Waals surface area contributed by atoms with Gasteiger partial charge < -0.3 is 10.4 Å². The monoisotopic (exact) mass is 247 g/mol. The Morgan fingerprint density at radius 1 is 1.67 bits per heavy atom. The van der Waals surface area contributed by atoms with Gasteiger partial charge in [-0.1, -0.05) is 11.6 Å². The minimum Gasteiger partial charge on any atom is -0.392 e. The third kappa shape index (κ3) is 5.16. The molecule has 0 saturated heterocycles. The molecule has 1 unspecified atom stereocenters. The molecule has 1 aromatic heterocycles. The lowest BCUT2D eigenvalue weighted by Gasteiger charge is -2.06. The normalized spacial score (nSPS) is 12.5. The summed E-state index contributed by atoms with van der Waals surface area (Å²) in [5.41, 5.74) is 0. The van der Waals surface area contributed by atoms with E-state index in [0.717, 1.165) is 9.21 Å². The highest BCUT2D eigenvalue weighted by Gasteiger charge is 2.04. The lowest BCUT2D eigenvalue weighted by atomic mass is 10.2. The number of halogens is 1. The summed E-state index contributed by atoms with van der Waals surface area (Å²) in [4.78, 5) is 12.4. The van der Waals surface area contributed by atoms with Crippen LogP contribution in [0, 0.1) is 0 Å². The molecule has 1 heterocycles. The summed E-state index contributed by atoms with van der Waals surface area (Å²) >= 11 is 7.25. The van der Waals surface area contributed by atoms with Crippen molar-refractivity contribution in [2.24, 2.45) is 0 Å². The van der Waals surface area contributed by atoms with Crippen LogP contribution in [0.15, 0.2) is 12.1 Å². The van der Waals surface area contributed by atoms with Gasteiger partial charge in [-0.15, -0.1) is 11.3 Å². The van der Waals surface area contributed by atoms with Crippen molar-refractivity contribution in [1.82, 2.24) is 5.32 Å². The van der Waals surface area contributed by atoms with Gasteiger partial charge in [0.2, 0.25) is 5.91 Å². The van der Waals surface area contributed by atoms with Crippen LogP contribution in [0.3, 0.4) is 0 Å². The third-order valence-corrected chi connectivity index (χ3v) is 3.11. The number of amides is 1. The average Bonchev–Trinajstić information content (AvgIpc) is 2.58. The number of carbonyl (C=O) groups is 1. The topological polar surface area (TPSA) is 49.3 Å². The number of carbonyl (C=O) groups excluding carboxylic acids is 1. The molecule has 3 nitrogen and oxygen atoms in total. The molecular weight excluding hydrogens is 234 g/mol. The van der Waals surface area contributed by atoms with E-state index in [1.54, 1.807) is 6.92 Å². The van der Waals surface area contributed by atoms with Gasteiger partial charge in [0, 0.05) is 17.8 Å². The molecule has 15 heavy (non-hydrogen) atoms. The van der Waals surface area contributed by atoms with Gasteiger partial charge >= 0.3 is 0 Å². The fourth-order valence-corrected chi connectivity index (χ4v) is 2.16. The van der Waals surface area contributed by atoms with E-state index in [-0.39, 0.29) is 5.91 Å². The molecular formula is C10H14ClNO2S. The van der Waals surface area contributed by atoms with Gasteiger partial charge in [-0.05, 0) is 25.5 Å². The Labute approximate surface area is 98.1 Å². The molecule has 0 saturated carbocycles. The van der Waals surface area contributed by atoms with Crippen molar-refractivity contribution in [2.75, 3.05) is 6.54 Å². The van der Waals surface area contributed by atoms with E-state index in [2.05, 4.69) is 5.32 Å². The number of aliphatic hydroxyl groups excluding tert-OH is 1. The zero-order chi connectivity index (χ0) is 11.3. The SMILES string of the molecule is CC(O)CNC(=O)CCc1ccc(Cl)s1. The highest BCUT2D eigenvalue weighted by molar-refractivity contribution is 7.16. The molecule has 1 aromatic rings. The second kappa shape index (κ2) is 6.10. The highest BCUT2D eigenvalue weighted by atomic mass is 35.5. The van der Waals surface area contributed by atoms with Crippen molar-refractivity contribution >= 4 is 28.8 Å². The van der Waals surface area contributed by atoms with Crippen molar-refractivity contribution < 1.29 is 9.90 Å². The van der Waals surface area contributed by atoms with Gasteiger partial charge in [-0.2, -0.15) is 0 Å². The second-order valence-electron chi connectivity index (χ2n) is 3.36. The fourth-order valence-electron chi connectivity index (χ4n) is 1.07. The van der Waals surface area contributed by atoms with Gasteiger partial charge in [-0.3, -0.25) is 4.79 Å². The third-order valence-electron chi connectivity index (χ3n) is 1.82. The number of rotatable bonds is 5. The van der Waals surface area contributed by atoms with E-state index in [1.165, 1.54) is 11.3 Å². The Morgan fingerprint density at radius 3 is 2.93 bits per heavy atom. The molecule has 0 aliphatic heterocycles. The predicted molar refractivity (Wildman–Crippen MR) is 62.3 cm³/mol. The number of aryl methyl sites for hydroxylation is 1. The summed E-state index contributed by atoms with van der Waals surface area (Å²) in [5, 5.41) is 11.6. The van der Waals surface area contributed by atoms with Crippen LogP contribution in [0.25, 0.3) is 0 Å². The maximum atomic E-state index is 11.3. The summed E-state index contributed by atoms with van der Waals surface area (Å²) in [6.07, 6.45) is 0.636. The quantitative estimate of drug-likeness (QED) is 0.834. The molecule has 0 spiro atoms. The summed E-state index contributed by atoms with van der Waals surface area (Å²) < 4.78 is 0.745. The largest absolute Gasteiger partial charge is 0.392 e. The Hall–Kier alpha value is -0.580. The Balaban J connectivity index is 2.22. The number of thiophene rings is 1. The summed E-state index contributed by atoms with van der Waals surface area (Å²) in [7, 11) is 0. The van der Waals surface area contributed by atoms with Crippen molar-refractivity contribution in [3.05, 3.63) is 21.3 Å². The smallest absolute Gasteiger partial charge is 0.220 e. The Bertz CT molecular complexity index is 325. The van der Waals surface area contributed by atoms with Gasteiger partial charge in [0.15, 0.2) is 0 Å². The number of aliphatic hydroxyl groups is 1. The first-order chi connectivity index (χ1) is 7.08. The zero-order valence-corrected chi connectivity index (χ0v) is 10.1. The minimum absolute atomic E-state index is 0.0413. The van der Waals surface area contributed by atoms with E-state index in [0.29, 0.717) is 19.4 Å². The molecule has 0 aromatic carbocycles. The predicted octanol–water partition coefficient (Wildman–Crippen LogP) is 1.83. The van der Waals surface area contributed by atoms with Gasteiger partial charge in [0.25, 0.3) is 0 Å². The zero-order valence-electron chi connectivity index (χ0n) is 8.50. The van der Waals surface area contributed by atoms with E-state index in [4.69, 9.17) is 16.7 Å². The van der Waals surface area contributed by atoms with Gasteiger partial charge in [0.05, 0.1) is 10.4 Å².